The van der Waals surface area contributed by atoms with Gasteiger partial charge in [0.05, 0.1) is 0 Å². The number of hydrogen-bond donors (Lipinski definition) is 1. The van der Waals surface area contributed by atoms with Crippen molar-refractivity contribution in [2.45, 2.75) is 72.8 Å². The molecule has 1 rings (SSSR count). The fourth-order valence-electron chi connectivity index (χ4n) is 3.42. The van der Waals surface area contributed by atoms with Gasteiger partial charge in [0.1, 0.15) is 0 Å². The fourth-order valence-corrected chi connectivity index (χ4v) is 3.42. The zero-order valence-electron chi connectivity index (χ0n) is 12.0. The SMILES string of the molecule is CCNC(C)CC(C)(C)C1CCC(C)CC1. The summed E-state index contributed by atoms with van der Waals surface area (Å²) in [6, 6.07) is 0.666. The van der Waals surface area contributed by atoms with Crippen molar-refractivity contribution in [2.75, 3.05) is 6.54 Å². The van der Waals surface area contributed by atoms with E-state index in [-0.39, 0.29) is 0 Å². The van der Waals surface area contributed by atoms with Crippen LogP contribution >= 0.6 is 0 Å². The molecule has 0 aromatic heterocycles. The smallest absolute Gasteiger partial charge is 0.00437 e. The monoisotopic (exact) mass is 225 g/mol. The van der Waals surface area contributed by atoms with Gasteiger partial charge in [-0.3, -0.25) is 0 Å². The molecule has 0 heterocycles. The van der Waals surface area contributed by atoms with Crippen LogP contribution in [0.2, 0.25) is 0 Å². The maximum atomic E-state index is 3.55. The molecule has 0 amide bonds. The van der Waals surface area contributed by atoms with Crippen molar-refractivity contribution in [1.82, 2.24) is 5.32 Å². The van der Waals surface area contributed by atoms with Crippen LogP contribution in [0.5, 0.6) is 0 Å². The van der Waals surface area contributed by atoms with Crippen LogP contribution < -0.4 is 5.32 Å². The summed E-state index contributed by atoms with van der Waals surface area (Å²) in [7, 11) is 0. The summed E-state index contributed by atoms with van der Waals surface area (Å²) < 4.78 is 0. The molecule has 0 aliphatic heterocycles. The minimum absolute atomic E-state index is 0.516. The highest BCUT2D eigenvalue weighted by Crippen LogP contribution is 2.42. The summed E-state index contributed by atoms with van der Waals surface area (Å²) in [5, 5.41) is 3.55. The summed E-state index contributed by atoms with van der Waals surface area (Å²) in [4.78, 5) is 0. The zero-order chi connectivity index (χ0) is 12.2. The minimum Gasteiger partial charge on any atom is -0.315 e. The van der Waals surface area contributed by atoms with Crippen LogP contribution in [0.1, 0.15) is 66.7 Å². The molecule has 1 N–H and O–H groups in total. The predicted molar refractivity (Wildman–Crippen MR) is 72.7 cm³/mol. The van der Waals surface area contributed by atoms with Crippen LogP contribution in [0.15, 0.2) is 0 Å². The molecule has 0 saturated heterocycles. The van der Waals surface area contributed by atoms with Crippen LogP contribution in [-0.4, -0.2) is 12.6 Å². The first-order chi connectivity index (χ1) is 7.45. The van der Waals surface area contributed by atoms with Gasteiger partial charge in [-0.2, -0.15) is 0 Å². The molecule has 1 heteroatoms. The first-order valence-electron chi connectivity index (χ1n) is 7.19. The van der Waals surface area contributed by atoms with Gasteiger partial charge in [0.25, 0.3) is 0 Å². The van der Waals surface area contributed by atoms with Gasteiger partial charge in [0, 0.05) is 6.04 Å². The molecule has 1 nitrogen and oxygen atoms in total. The largest absolute Gasteiger partial charge is 0.315 e. The Morgan fingerprint density at radius 2 is 1.75 bits per heavy atom. The summed E-state index contributed by atoms with van der Waals surface area (Å²) in [5.41, 5.74) is 0.516. The Morgan fingerprint density at radius 3 is 2.25 bits per heavy atom. The van der Waals surface area contributed by atoms with Crippen LogP contribution in [0.25, 0.3) is 0 Å². The molecule has 0 radical (unpaired) electrons. The topological polar surface area (TPSA) is 12.0 Å². The van der Waals surface area contributed by atoms with Gasteiger partial charge < -0.3 is 5.32 Å². The van der Waals surface area contributed by atoms with Crippen molar-refractivity contribution in [3.8, 4) is 0 Å². The van der Waals surface area contributed by atoms with Crippen LogP contribution in [0.4, 0.5) is 0 Å². The summed E-state index contributed by atoms with van der Waals surface area (Å²) in [6.45, 7) is 13.0. The Morgan fingerprint density at radius 1 is 1.19 bits per heavy atom. The molecule has 1 unspecified atom stereocenters. The Hall–Kier alpha value is -0.0400. The van der Waals surface area contributed by atoms with Crippen molar-refractivity contribution < 1.29 is 0 Å². The van der Waals surface area contributed by atoms with E-state index >= 15 is 0 Å². The van der Waals surface area contributed by atoms with E-state index in [4.69, 9.17) is 0 Å². The fraction of sp³-hybridized carbons (Fsp3) is 1.00. The van der Waals surface area contributed by atoms with E-state index < -0.39 is 0 Å². The first-order valence-corrected chi connectivity index (χ1v) is 7.19. The lowest BCUT2D eigenvalue weighted by atomic mass is 9.66. The zero-order valence-corrected chi connectivity index (χ0v) is 12.0. The molecular weight excluding hydrogens is 194 g/mol. The third kappa shape index (κ3) is 4.08. The van der Waals surface area contributed by atoms with E-state index in [1.165, 1.54) is 32.1 Å². The third-order valence-corrected chi connectivity index (χ3v) is 4.51. The maximum absolute atomic E-state index is 3.55. The molecular formula is C15H31N. The van der Waals surface area contributed by atoms with Gasteiger partial charge >= 0.3 is 0 Å². The maximum Gasteiger partial charge on any atom is 0.00437 e. The van der Waals surface area contributed by atoms with E-state index in [1.54, 1.807) is 0 Å². The Balaban J connectivity index is 2.43. The van der Waals surface area contributed by atoms with E-state index in [2.05, 4.69) is 39.9 Å². The molecule has 1 saturated carbocycles. The van der Waals surface area contributed by atoms with Crippen molar-refractivity contribution in [2.24, 2.45) is 17.3 Å². The number of hydrogen-bond acceptors (Lipinski definition) is 1. The van der Waals surface area contributed by atoms with E-state index in [0.717, 1.165) is 18.4 Å². The van der Waals surface area contributed by atoms with Crippen LogP contribution in [0.3, 0.4) is 0 Å². The molecule has 16 heavy (non-hydrogen) atoms. The van der Waals surface area contributed by atoms with Gasteiger partial charge in [-0.05, 0) is 50.0 Å². The van der Waals surface area contributed by atoms with E-state index in [9.17, 15) is 0 Å². The molecule has 0 aromatic rings. The van der Waals surface area contributed by atoms with Crippen molar-refractivity contribution in [3.63, 3.8) is 0 Å². The van der Waals surface area contributed by atoms with E-state index in [0.29, 0.717) is 11.5 Å². The van der Waals surface area contributed by atoms with Gasteiger partial charge in [0.2, 0.25) is 0 Å². The standard InChI is InChI=1S/C15H31N/c1-6-16-13(3)11-15(4,5)14-9-7-12(2)8-10-14/h12-14,16H,6-11H2,1-5H3. The predicted octanol–water partition coefficient (Wildman–Crippen LogP) is 4.23. The quantitative estimate of drug-likeness (QED) is 0.738. The Labute approximate surface area is 102 Å². The van der Waals surface area contributed by atoms with Crippen LogP contribution in [0, 0.1) is 17.3 Å². The highest BCUT2D eigenvalue weighted by molar-refractivity contribution is 4.85. The molecule has 96 valence electrons. The second kappa shape index (κ2) is 6.05. The van der Waals surface area contributed by atoms with E-state index in [1.807, 2.05) is 0 Å². The molecule has 1 atom stereocenters. The van der Waals surface area contributed by atoms with Gasteiger partial charge in [-0.25, -0.2) is 0 Å². The molecule has 0 spiro atoms. The summed E-state index contributed by atoms with van der Waals surface area (Å²) in [6.07, 6.45) is 7.12. The normalized spacial score (nSPS) is 29.1. The molecule has 0 aromatic carbocycles. The van der Waals surface area contributed by atoms with Crippen molar-refractivity contribution in [1.29, 1.82) is 0 Å². The Bertz CT molecular complexity index is 190. The average molecular weight is 225 g/mol. The second-order valence-corrected chi connectivity index (χ2v) is 6.61. The minimum atomic E-state index is 0.516. The molecule has 1 aliphatic rings. The number of nitrogens with one attached hydrogen (secondary N) is 1. The lowest BCUT2D eigenvalue weighted by Gasteiger charge is -2.40. The summed E-state index contributed by atoms with van der Waals surface area (Å²) >= 11 is 0. The van der Waals surface area contributed by atoms with Crippen LogP contribution in [-0.2, 0) is 0 Å². The lowest BCUT2D eigenvalue weighted by Crippen LogP contribution is -2.36. The molecule has 0 bridgehead atoms. The average Bonchev–Trinajstić information content (AvgIpc) is 2.17. The Kier molecular flexibility index (Phi) is 5.30. The third-order valence-electron chi connectivity index (χ3n) is 4.51. The van der Waals surface area contributed by atoms with Crippen molar-refractivity contribution >= 4 is 0 Å². The highest BCUT2D eigenvalue weighted by atomic mass is 14.9. The lowest BCUT2D eigenvalue weighted by molar-refractivity contribution is 0.116. The van der Waals surface area contributed by atoms with Crippen molar-refractivity contribution in [3.05, 3.63) is 0 Å². The molecule has 1 fully saturated rings. The number of rotatable bonds is 5. The summed E-state index contributed by atoms with van der Waals surface area (Å²) in [5.74, 6) is 1.92. The first kappa shape index (κ1) is 14.0. The van der Waals surface area contributed by atoms with Gasteiger partial charge in [-0.15, -0.1) is 0 Å². The highest BCUT2D eigenvalue weighted by Gasteiger charge is 2.32. The molecule has 1 aliphatic carbocycles. The van der Waals surface area contributed by atoms with Gasteiger partial charge in [0.15, 0.2) is 0 Å². The van der Waals surface area contributed by atoms with Gasteiger partial charge in [-0.1, -0.05) is 40.5 Å². The second-order valence-electron chi connectivity index (χ2n) is 6.61.